The average Bonchev–Trinajstić information content (AvgIpc) is 2.61. The van der Waals surface area contributed by atoms with Crippen LogP contribution in [0.5, 0.6) is 0 Å². The van der Waals surface area contributed by atoms with Gasteiger partial charge in [-0.1, -0.05) is 23.7 Å². The van der Waals surface area contributed by atoms with Crippen molar-refractivity contribution in [2.75, 3.05) is 30.3 Å². The fraction of sp³-hybridized carbons (Fsp3) is 0.235. The fourth-order valence-electron chi connectivity index (χ4n) is 2.29. The van der Waals surface area contributed by atoms with E-state index in [1.54, 1.807) is 0 Å². The van der Waals surface area contributed by atoms with Crippen molar-refractivity contribution < 1.29 is 30.8 Å². The van der Waals surface area contributed by atoms with Crippen LogP contribution in [0, 0.1) is 5.82 Å². The Morgan fingerprint density at radius 1 is 1.14 bits per heavy atom. The first-order valence-electron chi connectivity index (χ1n) is 7.95. The SMILES string of the molecule is CN(C)S(=O)(=O)N(CC(=O)Nc1ccc(Cl)c(C(F)(F)F)c1)c1ccccc1F. The van der Waals surface area contributed by atoms with Gasteiger partial charge in [-0.3, -0.25) is 4.79 Å². The van der Waals surface area contributed by atoms with E-state index < -0.39 is 45.2 Å². The summed E-state index contributed by atoms with van der Waals surface area (Å²) in [4.78, 5) is 12.4. The quantitative estimate of drug-likeness (QED) is 0.677. The zero-order valence-electron chi connectivity index (χ0n) is 15.2. The number of hydrogen-bond donors (Lipinski definition) is 1. The Labute approximate surface area is 169 Å². The number of nitrogens with one attached hydrogen (secondary N) is 1. The number of hydrogen-bond acceptors (Lipinski definition) is 3. The molecule has 0 atom stereocenters. The average molecular weight is 454 g/mol. The molecule has 0 aliphatic carbocycles. The molecule has 0 radical (unpaired) electrons. The molecule has 2 rings (SSSR count). The molecule has 0 saturated heterocycles. The summed E-state index contributed by atoms with van der Waals surface area (Å²) in [7, 11) is -1.89. The Morgan fingerprint density at radius 3 is 2.31 bits per heavy atom. The van der Waals surface area contributed by atoms with Gasteiger partial charge in [0.1, 0.15) is 12.4 Å². The maximum atomic E-state index is 14.1. The number of alkyl halides is 3. The number of carbonyl (C=O) groups is 1. The predicted octanol–water partition coefficient (Wildman–Crippen LogP) is 3.75. The molecule has 0 spiro atoms. The third-order valence-corrected chi connectivity index (χ3v) is 5.84. The van der Waals surface area contributed by atoms with E-state index >= 15 is 0 Å². The minimum absolute atomic E-state index is 0.248. The molecular weight excluding hydrogens is 438 g/mol. The van der Waals surface area contributed by atoms with Crippen LogP contribution in [0.4, 0.5) is 28.9 Å². The van der Waals surface area contributed by atoms with Gasteiger partial charge in [-0.05, 0) is 30.3 Å². The van der Waals surface area contributed by atoms with Gasteiger partial charge in [0.05, 0.1) is 16.3 Å². The highest BCUT2D eigenvalue weighted by Crippen LogP contribution is 2.36. The molecule has 0 aliphatic rings. The van der Waals surface area contributed by atoms with Gasteiger partial charge in [-0.2, -0.15) is 25.9 Å². The van der Waals surface area contributed by atoms with Crippen LogP contribution >= 0.6 is 11.6 Å². The van der Waals surface area contributed by atoms with Crippen molar-refractivity contribution in [3.05, 3.63) is 58.9 Å². The standard InChI is InChI=1S/C17H16ClF4N3O3S/c1-24(2)29(27,28)25(15-6-4-3-5-14(15)19)10-16(26)23-11-7-8-13(18)12(9-11)17(20,21)22/h3-9H,10H2,1-2H3,(H,23,26). The van der Waals surface area contributed by atoms with E-state index in [-0.39, 0.29) is 11.4 Å². The third kappa shape index (κ3) is 5.37. The Balaban J connectivity index is 2.34. The van der Waals surface area contributed by atoms with Crippen molar-refractivity contribution in [3.8, 4) is 0 Å². The Morgan fingerprint density at radius 2 is 1.76 bits per heavy atom. The molecular formula is C17H16ClF4N3O3S. The van der Waals surface area contributed by atoms with E-state index in [4.69, 9.17) is 11.6 Å². The number of benzene rings is 2. The number of carbonyl (C=O) groups excluding carboxylic acids is 1. The van der Waals surface area contributed by atoms with Crippen molar-refractivity contribution >= 4 is 39.1 Å². The smallest absolute Gasteiger partial charge is 0.324 e. The monoisotopic (exact) mass is 453 g/mol. The van der Waals surface area contributed by atoms with Crippen LogP contribution in [0.1, 0.15) is 5.56 Å². The highest BCUT2D eigenvalue weighted by molar-refractivity contribution is 7.90. The lowest BCUT2D eigenvalue weighted by Gasteiger charge is -2.27. The van der Waals surface area contributed by atoms with Crippen LogP contribution in [-0.2, 0) is 21.2 Å². The number of rotatable bonds is 6. The molecule has 0 aromatic heterocycles. The van der Waals surface area contributed by atoms with Gasteiger partial charge in [0.15, 0.2) is 0 Å². The number of halogens is 5. The lowest BCUT2D eigenvalue weighted by atomic mass is 10.2. The number of anilines is 2. The molecule has 0 fully saturated rings. The second kappa shape index (κ2) is 8.56. The summed E-state index contributed by atoms with van der Waals surface area (Å²) in [5.74, 6) is -1.87. The fourth-order valence-corrected chi connectivity index (χ4v) is 3.59. The second-order valence-corrected chi connectivity index (χ2v) is 8.46. The summed E-state index contributed by atoms with van der Waals surface area (Å²) < 4.78 is 79.4. The van der Waals surface area contributed by atoms with Crippen LogP contribution < -0.4 is 9.62 Å². The minimum atomic E-state index is -4.74. The normalized spacial score (nSPS) is 12.1. The summed E-state index contributed by atoms with van der Waals surface area (Å²) in [5.41, 5.74) is -1.80. The summed E-state index contributed by atoms with van der Waals surface area (Å²) in [6.07, 6.45) is -4.74. The molecule has 0 aliphatic heterocycles. The Kier molecular flexibility index (Phi) is 6.76. The maximum absolute atomic E-state index is 14.1. The minimum Gasteiger partial charge on any atom is -0.324 e. The summed E-state index contributed by atoms with van der Waals surface area (Å²) in [5, 5.41) is 1.61. The largest absolute Gasteiger partial charge is 0.417 e. The van der Waals surface area contributed by atoms with Gasteiger partial charge in [0, 0.05) is 19.8 Å². The maximum Gasteiger partial charge on any atom is 0.417 e. The molecule has 0 saturated carbocycles. The molecule has 6 nitrogen and oxygen atoms in total. The van der Waals surface area contributed by atoms with Crippen molar-refractivity contribution in [2.45, 2.75) is 6.18 Å². The molecule has 2 aromatic carbocycles. The highest BCUT2D eigenvalue weighted by atomic mass is 35.5. The van der Waals surface area contributed by atoms with Crippen LogP contribution in [0.25, 0.3) is 0 Å². The molecule has 0 unspecified atom stereocenters. The highest BCUT2D eigenvalue weighted by Gasteiger charge is 2.34. The third-order valence-electron chi connectivity index (χ3n) is 3.70. The molecule has 158 valence electrons. The van der Waals surface area contributed by atoms with E-state index in [0.29, 0.717) is 10.4 Å². The van der Waals surface area contributed by atoms with Gasteiger partial charge in [0.2, 0.25) is 5.91 Å². The van der Waals surface area contributed by atoms with Crippen LogP contribution in [-0.4, -0.2) is 39.3 Å². The topological polar surface area (TPSA) is 69.7 Å². The molecule has 1 N–H and O–H groups in total. The predicted molar refractivity (Wildman–Crippen MR) is 101 cm³/mol. The number of para-hydroxylation sites is 1. The van der Waals surface area contributed by atoms with Gasteiger partial charge < -0.3 is 5.32 Å². The van der Waals surface area contributed by atoms with E-state index in [9.17, 15) is 30.8 Å². The van der Waals surface area contributed by atoms with Gasteiger partial charge >= 0.3 is 16.4 Å². The van der Waals surface area contributed by atoms with Crippen molar-refractivity contribution in [3.63, 3.8) is 0 Å². The first kappa shape index (κ1) is 22.9. The Hall–Kier alpha value is -2.37. The first-order chi connectivity index (χ1) is 13.3. The molecule has 29 heavy (non-hydrogen) atoms. The Bertz CT molecular complexity index is 1010. The molecule has 2 aromatic rings. The molecule has 0 heterocycles. The van der Waals surface area contributed by atoms with Gasteiger partial charge in [0.25, 0.3) is 0 Å². The van der Waals surface area contributed by atoms with Crippen molar-refractivity contribution in [2.24, 2.45) is 0 Å². The van der Waals surface area contributed by atoms with E-state index in [0.717, 1.165) is 28.6 Å². The van der Waals surface area contributed by atoms with Crippen molar-refractivity contribution in [1.29, 1.82) is 0 Å². The van der Waals surface area contributed by atoms with Gasteiger partial charge in [-0.15, -0.1) is 0 Å². The zero-order chi connectivity index (χ0) is 22.0. The van der Waals surface area contributed by atoms with Gasteiger partial charge in [-0.25, -0.2) is 8.70 Å². The second-order valence-electron chi connectivity index (χ2n) is 5.99. The summed E-state index contributed by atoms with van der Waals surface area (Å²) >= 11 is 5.53. The van der Waals surface area contributed by atoms with Crippen LogP contribution in [0.15, 0.2) is 42.5 Å². The zero-order valence-corrected chi connectivity index (χ0v) is 16.7. The van der Waals surface area contributed by atoms with Crippen LogP contribution in [0.2, 0.25) is 5.02 Å². The summed E-state index contributed by atoms with van der Waals surface area (Å²) in [6.45, 7) is -0.870. The lowest BCUT2D eigenvalue weighted by molar-refractivity contribution is -0.137. The molecule has 1 amide bonds. The molecule has 12 heteroatoms. The van der Waals surface area contributed by atoms with E-state index in [2.05, 4.69) is 5.32 Å². The molecule has 0 bridgehead atoms. The van der Waals surface area contributed by atoms with Crippen molar-refractivity contribution in [1.82, 2.24) is 4.31 Å². The van der Waals surface area contributed by atoms with E-state index in [1.807, 2.05) is 0 Å². The number of nitrogens with zero attached hydrogens (tertiary/aromatic N) is 2. The summed E-state index contributed by atoms with van der Waals surface area (Å²) in [6, 6.07) is 7.59. The van der Waals surface area contributed by atoms with Crippen LogP contribution in [0.3, 0.4) is 0 Å². The first-order valence-corrected chi connectivity index (χ1v) is 9.73. The van der Waals surface area contributed by atoms with E-state index in [1.165, 1.54) is 26.2 Å². The lowest BCUT2D eigenvalue weighted by Crippen LogP contribution is -2.44. The number of amides is 1.